The molecule has 0 bridgehead atoms. The van der Waals surface area contributed by atoms with Gasteiger partial charge in [-0.05, 0) is 29.9 Å². The Morgan fingerprint density at radius 2 is 1.83 bits per heavy atom. The van der Waals surface area contributed by atoms with Crippen molar-refractivity contribution < 1.29 is 18.7 Å². The first-order valence-corrected chi connectivity index (χ1v) is 10.1. The Labute approximate surface area is 171 Å². The van der Waals surface area contributed by atoms with Crippen molar-refractivity contribution in [1.82, 2.24) is 0 Å². The summed E-state index contributed by atoms with van der Waals surface area (Å²) in [6, 6.07) is 10.8. The van der Waals surface area contributed by atoms with Crippen molar-refractivity contribution in [2.24, 2.45) is 5.41 Å². The minimum atomic E-state index is -0.735. The molecular weight excluding hydrogens is 368 g/mol. The summed E-state index contributed by atoms with van der Waals surface area (Å²) >= 11 is 0. The number of carbonyl (C=O) groups is 1. The van der Waals surface area contributed by atoms with Gasteiger partial charge in [-0.1, -0.05) is 69.0 Å². The quantitative estimate of drug-likeness (QED) is 0.484. The van der Waals surface area contributed by atoms with E-state index in [1.54, 1.807) is 6.08 Å². The Kier molecular flexibility index (Phi) is 6.91. The van der Waals surface area contributed by atoms with Crippen LogP contribution < -0.4 is 10.2 Å². The van der Waals surface area contributed by atoms with Crippen LogP contribution in [-0.4, -0.2) is 13.1 Å². The predicted octanol–water partition coefficient (Wildman–Crippen LogP) is 5.38. The summed E-state index contributed by atoms with van der Waals surface area (Å²) in [5, 5.41) is 0. The van der Waals surface area contributed by atoms with Crippen LogP contribution in [0.15, 0.2) is 51.7 Å². The highest BCUT2D eigenvalue weighted by molar-refractivity contribution is 5.89. The van der Waals surface area contributed by atoms with Crippen LogP contribution in [0.25, 0.3) is 6.08 Å². The van der Waals surface area contributed by atoms with Crippen LogP contribution in [-0.2, 0) is 11.3 Å². The molecule has 0 atom stereocenters. The van der Waals surface area contributed by atoms with E-state index < -0.39 is 11.4 Å². The molecule has 1 aromatic heterocycles. The molecule has 2 aromatic rings. The lowest BCUT2D eigenvalue weighted by molar-refractivity contribution is 0.0552. The molecule has 154 valence electrons. The maximum Gasteiger partial charge on any atom is 0.378 e. The second-order valence-corrected chi connectivity index (χ2v) is 7.84. The summed E-state index contributed by atoms with van der Waals surface area (Å²) in [4.78, 5) is 24.9. The van der Waals surface area contributed by atoms with Gasteiger partial charge < -0.3 is 13.9 Å². The Hall–Kier alpha value is -2.82. The van der Waals surface area contributed by atoms with E-state index in [2.05, 4.69) is 13.0 Å². The van der Waals surface area contributed by atoms with E-state index >= 15 is 0 Å². The van der Waals surface area contributed by atoms with Crippen LogP contribution in [0.1, 0.15) is 67.3 Å². The number of benzene rings is 1. The molecule has 0 spiro atoms. The van der Waals surface area contributed by atoms with Crippen LogP contribution in [0.4, 0.5) is 0 Å². The number of allylic oxidation sites excluding steroid dienone is 1. The fraction of sp³-hybridized carbons (Fsp3) is 0.417. The van der Waals surface area contributed by atoms with Crippen LogP contribution in [0.2, 0.25) is 0 Å². The van der Waals surface area contributed by atoms with E-state index in [1.807, 2.05) is 30.3 Å². The third kappa shape index (κ3) is 5.59. The van der Waals surface area contributed by atoms with Crippen molar-refractivity contribution in [3.63, 3.8) is 0 Å². The first-order chi connectivity index (χ1) is 14.0. The molecule has 0 N–H and O–H groups in total. The van der Waals surface area contributed by atoms with E-state index in [9.17, 15) is 9.59 Å². The largest absolute Gasteiger partial charge is 0.481 e. The summed E-state index contributed by atoms with van der Waals surface area (Å²) in [7, 11) is 1.25. The summed E-state index contributed by atoms with van der Waals surface area (Å²) in [5.74, 6) is -0.742. The monoisotopic (exact) mass is 396 g/mol. The summed E-state index contributed by atoms with van der Waals surface area (Å²) < 4.78 is 16.1. The second-order valence-electron chi connectivity index (χ2n) is 7.84. The molecule has 0 aliphatic heterocycles. The molecule has 3 rings (SSSR count). The van der Waals surface area contributed by atoms with E-state index in [1.165, 1.54) is 38.9 Å². The topological polar surface area (TPSA) is 65.7 Å². The molecular formula is C24H28O5. The van der Waals surface area contributed by atoms with Crippen molar-refractivity contribution in [2.45, 2.75) is 52.1 Å². The SMILES string of the molecule is COC(=O)c1oc(C=CC2(C)CCCCCC2)cc(=O)c1OCc1ccccc1. The molecule has 5 nitrogen and oxygen atoms in total. The summed E-state index contributed by atoms with van der Waals surface area (Å²) in [5.41, 5.74) is 0.550. The van der Waals surface area contributed by atoms with Gasteiger partial charge in [0.25, 0.3) is 5.76 Å². The van der Waals surface area contributed by atoms with E-state index in [-0.39, 0.29) is 23.5 Å². The standard InChI is InChI=1S/C24H28O5/c1-24(13-8-3-4-9-14-24)15-12-19-16-20(25)21(22(29-19)23(26)27-2)28-17-18-10-6-5-7-11-18/h5-7,10-12,15-16H,3-4,8-9,13-14,17H2,1-2H3. The van der Waals surface area contributed by atoms with Gasteiger partial charge in [0.2, 0.25) is 11.2 Å². The number of hydrogen-bond acceptors (Lipinski definition) is 5. The molecule has 29 heavy (non-hydrogen) atoms. The lowest BCUT2D eigenvalue weighted by Gasteiger charge is -2.23. The zero-order valence-electron chi connectivity index (χ0n) is 17.1. The molecule has 1 aliphatic carbocycles. The molecule has 0 amide bonds. The zero-order valence-corrected chi connectivity index (χ0v) is 17.1. The number of hydrogen-bond donors (Lipinski definition) is 0. The van der Waals surface area contributed by atoms with Gasteiger partial charge in [-0.15, -0.1) is 0 Å². The summed E-state index contributed by atoms with van der Waals surface area (Å²) in [6.07, 6.45) is 11.0. The maximum absolute atomic E-state index is 12.7. The van der Waals surface area contributed by atoms with Crippen LogP contribution >= 0.6 is 0 Å². The predicted molar refractivity (Wildman–Crippen MR) is 112 cm³/mol. The van der Waals surface area contributed by atoms with Gasteiger partial charge in [-0.3, -0.25) is 4.79 Å². The lowest BCUT2D eigenvalue weighted by Crippen LogP contribution is -2.15. The molecule has 0 unspecified atom stereocenters. The molecule has 1 aromatic carbocycles. The number of rotatable bonds is 6. The molecule has 1 saturated carbocycles. The van der Waals surface area contributed by atoms with Crippen molar-refractivity contribution in [1.29, 1.82) is 0 Å². The number of methoxy groups -OCH3 is 1. The van der Waals surface area contributed by atoms with Crippen molar-refractivity contribution in [3.05, 3.63) is 69.8 Å². The van der Waals surface area contributed by atoms with Crippen LogP contribution in [0, 0.1) is 5.41 Å². The highest BCUT2D eigenvalue weighted by Gasteiger charge is 2.24. The molecule has 1 aliphatic rings. The Morgan fingerprint density at radius 3 is 2.48 bits per heavy atom. The molecule has 1 fully saturated rings. The minimum Gasteiger partial charge on any atom is -0.481 e. The first kappa shape index (κ1) is 20.9. The van der Waals surface area contributed by atoms with E-state index in [0.717, 1.165) is 18.4 Å². The minimum absolute atomic E-state index is 0.0724. The van der Waals surface area contributed by atoms with Crippen LogP contribution in [0.3, 0.4) is 0 Å². The number of esters is 1. The third-order valence-corrected chi connectivity index (χ3v) is 5.42. The average Bonchev–Trinajstić information content (AvgIpc) is 2.96. The zero-order chi connectivity index (χ0) is 20.7. The van der Waals surface area contributed by atoms with Gasteiger partial charge in [0.15, 0.2) is 0 Å². The highest BCUT2D eigenvalue weighted by atomic mass is 16.5. The van der Waals surface area contributed by atoms with Gasteiger partial charge in [-0.25, -0.2) is 4.79 Å². The van der Waals surface area contributed by atoms with Gasteiger partial charge in [-0.2, -0.15) is 0 Å². The average molecular weight is 396 g/mol. The Balaban J connectivity index is 1.86. The van der Waals surface area contributed by atoms with Gasteiger partial charge in [0.1, 0.15) is 12.4 Å². The molecule has 0 radical (unpaired) electrons. The molecule has 5 heteroatoms. The van der Waals surface area contributed by atoms with Crippen molar-refractivity contribution in [3.8, 4) is 5.75 Å². The van der Waals surface area contributed by atoms with Crippen LogP contribution in [0.5, 0.6) is 5.75 Å². The second kappa shape index (κ2) is 9.59. The fourth-order valence-electron chi connectivity index (χ4n) is 3.66. The van der Waals surface area contributed by atoms with Crippen molar-refractivity contribution >= 4 is 12.0 Å². The summed E-state index contributed by atoms with van der Waals surface area (Å²) in [6.45, 7) is 2.38. The molecule has 0 saturated heterocycles. The highest BCUT2D eigenvalue weighted by Crippen LogP contribution is 2.36. The van der Waals surface area contributed by atoms with Crippen molar-refractivity contribution in [2.75, 3.05) is 7.11 Å². The number of ether oxygens (including phenoxy) is 2. The fourth-order valence-corrected chi connectivity index (χ4v) is 3.66. The van der Waals surface area contributed by atoms with Gasteiger partial charge >= 0.3 is 5.97 Å². The Bertz CT molecular complexity index is 903. The van der Waals surface area contributed by atoms with E-state index in [4.69, 9.17) is 13.9 Å². The number of carbonyl (C=O) groups excluding carboxylic acids is 1. The van der Waals surface area contributed by atoms with Gasteiger partial charge in [0, 0.05) is 6.07 Å². The lowest BCUT2D eigenvalue weighted by atomic mass is 9.82. The maximum atomic E-state index is 12.7. The third-order valence-electron chi connectivity index (χ3n) is 5.42. The Morgan fingerprint density at radius 1 is 1.14 bits per heavy atom. The van der Waals surface area contributed by atoms with E-state index in [0.29, 0.717) is 5.76 Å². The smallest absolute Gasteiger partial charge is 0.378 e. The van der Waals surface area contributed by atoms with Gasteiger partial charge in [0.05, 0.1) is 7.11 Å². The molecule has 1 heterocycles. The normalized spacial score (nSPS) is 16.3. The first-order valence-electron chi connectivity index (χ1n) is 10.1.